The van der Waals surface area contributed by atoms with Gasteiger partial charge in [0, 0.05) is 10.7 Å². The third kappa shape index (κ3) is 7.35. The molecule has 7 nitrogen and oxygen atoms in total. The van der Waals surface area contributed by atoms with E-state index in [9.17, 15) is 14.4 Å². The van der Waals surface area contributed by atoms with E-state index in [1.807, 2.05) is 51.1 Å². The van der Waals surface area contributed by atoms with Gasteiger partial charge in [-0.1, -0.05) is 41.4 Å². The van der Waals surface area contributed by atoms with E-state index < -0.39 is 23.6 Å². The second-order valence-electron chi connectivity index (χ2n) is 8.87. The number of amides is 3. The van der Waals surface area contributed by atoms with Gasteiger partial charge in [-0.05, 0) is 97.3 Å². The van der Waals surface area contributed by atoms with Crippen molar-refractivity contribution in [2.75, 3.05) is 18.5 Å². The zero-order valence-electron chi connectivity index (χ0n) is 21.5. The molecule has 0 aromatic heterocycles. The molecule has 3 aromatic carbocycles. The molecule has 1 aliphatic heterocycles. The van der Waals surface area contributed by atoms with Crippen LogP contribution < -0.4 is 14.8 Å². The number of ether oxygens (including phenoxy) is 2. The van der Waals surface area contributed by atoms with Crippen molar-refractivity contribution in [3.63, 3.8) is 0 Å². The molecule has 3 aromatic rings. The summed E-state index contributed by atoms with van der Waals surface area (Å²) in [4.78, 5) is 39.3. The van der Waals surface area contributed by atoms with Crippen LogP contribution in [0.15, 0.2) is 59.5 Å². The molecule has 1 aliphatic rings. The molecule has 1 saturated heterocycles. The van der Waals surface area contributed by atoms with Gasteiger partial charge in [0.1, 0.15) is 13.2 Å². The molecule has 0 radical (unpaired) electrons. The molecular formula is C29H26Cl2N2O5S. The maximum absolute atomic E-state index is 13.0. The van der Waals surface area contributed by atoms with Crippen molar-refractivity contribution in [3.05, 3.63) is 91.8 Å². The summed E-state index contributed by atoms with van der Waals surface area (Å²) in [7, 11) is 0. The highest BCUT2D eigenvalue weighted by atomic mass is 35.5. The average Bonchev–Trinajstić information content (AvgIpc) is 3.11. The van der Waals surface area contributed by atoms with Crippen molar-refractivity contribution < 1.29 is 23.9 Å². The Balaban J connectivity index is 1.48. The number of halogens is 2. The predicted molar refractivity (Wildman–Crippen MR) is 156 cm³/mol. The fraction of sp³-hybridized carbons (Fsp3) is 0.207. The Kier molecular flexibility index (Phi) is 9.22. The number of aryl methyl sites for hydroxylation is 2. The van der Waals surface area contributed by atoms with Crippen molar-refractivity contribution >= 4 is 63.8 Å². The van der Waals surface area contributed by atoms with Crippen LogP contribution in [0.25, 0.3) is 6.08 Å². The summed E-state index contributed by atoms with van der Waals surface area (Å²) < 4.78 is 11.7. The Hall–Kier alpha value is -3.46. The van der Waals surface area contributed by atoms with E-state index >= 15 is 0 Å². The third-order valence-electron chi connectivity index (χ3n) is 5.61. The number of rotatable bonds is 9. The standard InChI is InChI=1S/C29H26Cl2N2O5S/c1-4-37-24-13-20(12-23(31)27(24)38-16-19-5-7-21(30)8-6-19)14-25-28(35)33(29(36)39-25)15-26(34)32-22-10-17(2)9-18(3)11-22/h5-14H,4,15-16H2,1-3H3,(H,32,34)/b25-14+. The van der Waals surface area contributed by atoms with Crippen LogP contribution in [-0.2, 0) is 16.2 Å². The molecule has 202 valence electrons. The molecule has 39 heavy (non-hydrogen) atoms. The number of carbonyl (C=O) groups excluding carboxylic acids is 3. The first-order chi connectivity index (χ1) is 18.6. The van der Waals surface area contributed by atoms with E-state index in [1.165, 1.54) is 0 Å². The first-order valence-corrected chi connectivity index (χ1v) is 13.7. The number of hydrogen-bond acceptors (Lipinski definition) is 6. The van der Waals surface area contributed by atoms with Crippen LogP contribution >= 0.6 is 35.0 Å². The molecule has 3 amide bonds. The lowest BCUT2D eigenvalue weighted by Crippen LogP contribution is -2.36. The molecule has 1 fully saturated rings. The molecule has 0 saturated carbocycles. The first-order valence-electron chi connectivity index (χ1n) is 12.1. The predicted octanol–water partition coefficient (Wildman–Crippen LogP) is 7.26. The van der Waals surface area contributed by atoms with Crippen molar-refractivity contribution in [1.29, 1.82) is 0 Å². The van der Waals surface area contributed by atoms with Crippen molar-refractivity contribution in [1.82, 2.24) is 4.90 Å². The average molecular weight is 586 g/mol. The molecule has 10 heteroatoms. The minimum atomic E-state index is -0.558. The van der Waals surface area contributed by atoms with Gasteiger partial charge in [0.05, 0.1) is 16.5 Å². The Bertz CT molecular complexity index is 1440. The summed E-state index contributed by atoms with van der Waals surface area (Å²) in [6, 6.07) is 16.2. The summed E-state index contributed by atoms with van der Waals surface area (Å²) in [5.41, 5.74) is 4.04. The number of thioether (sulfide) groups is 1. The monoisotopic (exact) mass is 584 g/mol. The van der Waals surface area contributed by atoms with E-state index in [1.54, 1.807) is 30.3 Å². The van der Waals surface area contributed by atoms with Crippen molar-refractivity contribution in [2.45, 2.75) is 27.4 Å². The van der Waals surface area contributed by atoms with Gasteiger partial charge in [0.2, 0.25) is 5.91 Å². The second-order valence-corrected chi connectivity index (χ2v) is 10.7. The minimum Gasteiger partial charge on any atom is -0.490 e. The maximum atomic E-state index is 13.0. The highest BCUT2D eigenvalue weighted by Gasteiger charge is 2.36. The van der Waals surface area contributed by atoms with Gasteiger partial charge in [-0.3, -0.25) is 19.3 Å². The molecule has 4 rings (SSSR count). The van der Waals surface area contributed by atoms with Crippen molar-refractivity contribution in [2.24, 2.45) is 0 Å². The Labute approximate surface area is 241 Å². The van der Waals surface area contributed by atoms with E-state index in [0.29, 0.717) is 34.4 Å². The summed E-state index contributed by atoms with van der Waals surface area (Å²) in [6.07, 6.45) is 1.55. The zero-order valence-corrected chi connectivity index (χ0v) is 23.9. The molecule has 1 heterocycles. The number of benzene rings is 3. The Morgan fingerprint density at radius 3 is 2.36 bits per heavy atom. The van der Waals surface area contributed by atoms with Gasteiger partial charge in [-0.2, -0.15) is 0 Å². The van der Waals surface area contributed by atoms with E-state index in [0.717, 1.165) is 33.4 Å². The Morgan fingerprint density at radius 1 is 1.00 bits per heavy atom. The summed E-state index contributed by atoms with van der Waals surface area (Å²) in [5, 5.41) is 3.14. The van der Waals surface area contributed by atoms with Crippen LogP contribution in [0.1, 0.15) is 29.2 Å². The summed E-state index contributed by atoms with van der Waals surface area (Å²) in [6.45, 7) is 5.90. The van der Waals surface area contributed by atoms with Crippen LogP contribution in [0, 0.1) is 13.8 Å². The van der Waals surface area contributed by atoms with E-state index in [2.05, 4.69) is 5.32 Å². The number of imide groups is 1. The SMILES string of the molecule is CCOc1cc(/C=C2/SC(=O)N(CC(=O)Nc3cc(C)cc(C)c3)C2=O)cc(Cl)c1OCc1ccc(Cl)cc1. The van der Waals surface area contributed by atoms with Crippen LogP contribution in [0.2, 0.25) is 10.0 Å². The number of anilines is 1. The van der Waals surface area contributed by atoms with Gasteiger partial charge in [-0.25, -0.2) is 0 Å². The first kappa shape index (κ1) is 28.5. The lowest BCUT2D eigenvalue weighted by molar-refractivity contribution is -0.127. The molecule has 0 unspecified atom stereocenters. The second kappa shape index (κ2) is 12.6. The lowest BCUT2D eigenvalue weighted by Gasteiger charge is -2.15. The molecule has 0 aliphatic carbocycles. The van der Waals surface area contributed by atoms with Crippen LogP contribution in [0.3, 0.4) is 0 Å². The van der Waals surface area contributed by atoms with Crippen molar-refractivity contribution in [3.8, 4) is 11.5 Å². The highest BCUT2D eigenvalue weighted by Crippen LogP contribution is 2.39. The van der Waals surface area contributed by atoms with Gasteiger partial charge < -0.3 is 14.8 Å². The van der Waals surface area contributed by atoms with Crippen LogP contribution in [0.5, 0.6) is 11.5 Å². The fourth-order valence-electron chi connectivity index (χ4n) is 3.99. The number of nitrogens with one attached hydrogen (secondary N) is 1. The quantitative estimate of drug-likeness (QED) is 0.266. The van der Waals surface area contributed by atoms with Crippen LogP contribution in [0.4, 0.5) is 10.5 Å². The number of carbonyl (C=O) groups is 3. The maximum Gasteiger partial charge on any atom is 0.294 e. The number of nitrogens with zero attached hydrogens (tertiary/aromatic N) is 1. The smallest absolute Gasteiger partial charge is 0.294 e. The zero-order chi connectivity index (χ0) is 28.1. The third-order valence-corrected chi connectivity index (χ3v) is 7.05. The van der Waals surface area contributed by atoms with Gasteiger partial charge in [0.25, 0.3) is 11.1 Å². The lowest BCUT2D eigenvalue weighted by atomic mass is 10.1. The van der Waals surface area contributed by atoms with Crippen LogP contribution in [-0.4, -0.2) is 35.1 Å². The van der Waals surface area contributed by atoms with E-state index in [4.69, 9.17) is 32.7 Å². The normalized spacial score (nSPS) is 14.2. The summed E-state index contributed by atoms with van der Waals surface area (Å²) in [5.74, 6) is -0.260. The molecule has 0 bridgehead atoms. The largest absolute Gasteiger partial charge is 0.490 e. The summed E-state index contributed by atoms with van der Waals surface area (Å²) >= 11 is 13.2. The molecule has 1 N–H and O–H groups in total. The Morgan fingerprint density at radius 2 is 1.69 bits per heavy atom. The highest BCUT2D eigenvalue weighted by molar-refractivity contribution is 8.18. The van der Waals surface area contributed by atoms with Gasteiger partial charge in [0.15, 0.2) is 11.5 Å². The molecule has 0 atom stereocenters. The minimum absolute atomic E-state index is 0.174. The molecule has 0 spiro atoms. The topological polar surface area (TPSA) is 84.9 Å². The van der Waals surface area contributed by atoms with Gasteiger partial charge >= 0.3 is 0 Å². The van der Waals surface area contributed by atoms with Gasteiger partial charge in [-0.15, -0.1) is 0 Å². The number of hydrogen-bond donors (Lipinski definition) is 1. The molecular weight excluding hydrogens is 559 g/mol. The fourth-order valence-corrected chi connectivity index (χ4v) is 5.23. The van der Waals surface area contributed by atoms with E-state index in [-0.39, 0.29) is 16.5 Å².